The zero-order chi connectivity index (χ0) is 20.4. The Morgan fingerprint density at radius 3 is 2.79 bits per heavy atom. The number of nitrogens with one attached hydrogen (secondary N) is 1. The molecule has 8 nitrogen and oxygen atoms in total. The van der Waals surface area contributed by atoms with E-state index in [1.807, 2.05) is 39.8 Å². The van der Waals surface area contributed by atoms with Crippen molar-refractivity contribution in [3.8, 4) is 11.5 Å². The van der Waals surface area contributed by atoms with E-state index in [0.29, 0.717) is 35.3 Å². The molecule has 0 spiro atoms. The fourth-order valence-corrected chi connectivity index (χ4v) is 3.70. The Kier molecular flexibility index (Phi) is 5.93. The fourth-order valence-electron chi connectivity index (χ4n) is 3.12. The highest BCUT2D eigenvalue weighted by atomic mass is 79.9. The highest BCUT2D eigenvalue weighted by Crippen LogP contribution is 2.42. The van der Waals surface area contributed by atoms with Crippen LogP contribution < -0.4 is 14.8 Å². The third-order valence-electron chi connectivity index (χ3n) is 4.21. The fraction of sp³-hybridized carbons (Fsp3) is 0.421. The van der Waals surface area contributed by atoms with Gasteiger partial charge in [0.25, 0.3) is 0 Å². The van der Waals surface area contributed by atoms with Crippen LogP contribution in [0.5, 0.6) is 11.5 Å². The molecule has 1 aliphatic rings. The van der Waals surface area contributed by atoms with Crippen LogP contribution in [0.2, 0.25) is 0 Å². The Morgan fingerprint density at radius 1 is 1.39 bits per heavy atom. The number of methoxy groups -OCH3 is 1. The molecule has 1 aliphatic heterocycles. The predicted molar refractivity (Wildman–Crippen MR) is 108 cm³/mol. The van der Waals surface area contributed by atoms with Gasteiger partial charge in [-0.25, -0.2) is 9.48 Å². The van der Waals surface area contributed by atoms with Crippen LogP contribution in [-0.4, -0.2) is 40.6 Å². The van der Waals surface area contributed by atoms with Gasteiger partial charge in [-0.2, -0.15) is 10.1 Å². The molecule has 0 aliphatic carbocycles. The summed E-state index contributed by atoms with van der Waals surface area (Å²) in [6.07, 6.45) is 1.20. The van der Waals surface area contributed by atoms with Crippen molar-refractivity contribution in [3.63, 3.8) is 0 Å². The van der Waals surface area contributed by atoms with Gasteiger partial charge < -0.3 is 19.5 Å². The zero-order valence-corrected chi connectivity index (χ0v) is 18.0. The molecular formula is C19H23BrN4O4. The number of nitrogens with zero attached hydrogens (tertiary/aromatic N) is 3. The van der Waals surface area contributed by atoms with Crippen molar-refractivity contribution in [1.82, 2.24) is 14.8 Å². The van der Waals surface area contributed by atoms with Crippen molar-refractivity contribution in [2.24, 2.45) is 0 Å². The molecule has 1 N–H and O–H groups in total. The molecule has 1 atom stereocenters. The molecule has 3 rings (SSSR count). The molecule has 0 radical (unpaired) electrons. The van der Waals surface area contributed by atoms with Crippen molar-refractivity contribution in [2.75, 3.05) is 19.0 Å². The topological polar surface area (TPSA) is 87.5 Å². The molecule has 0 fully saturated rings. The first kappa shape index (κ1) is 20.2. The van der Waals surface area contributed by atoms with Gasteiger partial charge in [-0.15, -0.1) is 0 Å². The number of anilines is 1. The van der Waals surface area contributed by atoms with E-state index in [4.69, 9.17) is 14.2 Å². The molecule has 0 amide bonds. The number of halogens is 1. The zero-order valence-electron chi connectivity index (χ0n) is 16.4. The largest absolute Gasteiger partial charge is 0.493 e. The number of hydrogen-bond donors (Lipinski definition) is 1. The first-order chi connectivity index (χ1) is 13.4. The van der Waals surface area contributed by atoms with Crippen molar-refractivity contribution >= 4 is 27.8 Å². The number of hydrogen-bond acceptors (Lipinski definition) is 7. The quantitative estimate of drug-likeness (QED) is 0.671. The summed E-state index contributed by atoms with van der Waals surface area (Å²) in [5, 5.41) is 7.44. The molecule has 0 saturated heterocycles. The molecule has 150 valence electrons. The maximum Gasteiger partial charge on any atom is 0.338 e. The van der Waals surface area contributed by atoms with E-state index in [1.54, 1.807) is 11.8 Å². The minimum absolute atomic E-state index is 0.243. The lowest BCUT2D eigenvalue weighted by atomic mass is 9.95. The molecular weight excluding hydrogens is 428 g/mol. The second-order valence-electron chi connectivity index (χ2n) is 6.52. The molecule has 0 saturated carbocycles. The van der Waals surface area contributed by atoms with Crippen LogP contribution >= 0.6 is 15.9 Å². The highest BCUT2D eigenvalue weighted by Gasteiger charge is 2.35. The van der Waals surface area contributed by atoms with E-state index in [2.05, 4.69) is 31.3 Å². The van der Waals surface area contributed by atoms with Crippen LogP contribution in [0.25, 0.3) is 0 Å². The number of aromatic nitrogens is 3. The summed E-state index contributed by atoms with van der Waals surface area (Å²) in [6, 6.07) is 3.21. The average Bonchev–Trinajstić information content (AvgIpc) is 3.09. The van der Waals surface area contributed by atoms with Gasteiger partial charge >= 0.3 is 5.97 Å². The van der Waals surface area contributed by atoms with Crippen LogP contribution in [0.1, 0.15) is 39.3 Å². The minimum Gasteiger partial charge on any atom is -0.493 e. The molecule has 2 aromatic rings. The Bertz CT molecular complexity index is 923. The first-order valence-electron chi connectivity index (χ1n) is 8.95. The van der Waals surface area contributed by atoms with Gasteiger partial charge in [0.1, 0.15) is 12.4 Å². The van der Waals surface area contributed by atoms with E-state index in [-0.39, 0.29) is 6.10 Å². The van der Waals surface area contributed by atoms with Crippen LogP contribution in [0.15, 0.2) is 34.2 Å². The minimum atomic E-state index is -0.522. The Hall–Kier alpha value is -2.55. The van der Waals surface area contributed by atoms with Crippen LogP contribution in [0.4, 0.5) is 5.95 Å². The van der Waals surface area contributed by atoms with Crippen LogP contribution in [-0.2, 0) is 9.53 Å². The third-order valence-corrected chi connectivity index (χ3v) is 4.80. The van der Waals surface area contributed by atoms with E-state index in [1.165, 1.54) is 6.33 Å². The molecule has 1 unspecified atom stereocenters. The lowest BCUT2D eigenvalue weighted by Crippen LogP contribution is -2.30. The lowest BCUT2D eigenvalue weighted by molar-refractivity contribution is -0.143. The summed E-state index contributed by atoms with van der Waals surface area (Å²) in [5.41, 5.74) is 1.92. The number of benzene rings is 1. The number of ether oxygens (including phenoxy) is 3. The summed E-state index contributed by atoms with van der Waals surface area (Å²) in [4.78, 5) is 17.1. The summed E-state index contributed by atoms with van der Waals surface area (Å²) in [6.45, 7) is 7.86. The number of carbonyl (C=O) groups excluding carboxylic acids is 1. The summed E-state index contributed by atoms with van der Waals surface area (Å²) >= 11 is 3.55. The van der Waals surface area contributed by atoms with E-state index < -0.39 is 12.0 Å². The Morgan fingerprint density at radius 2 is 2.14 bits per heavy atom. The maximum atomic E-state index is 12.9. The molecule has 28 heavy (non-hydrogen) atoms. The normalized spacial score (nSPS) is 15.9. The second kappa shape index (κ2) is 8.22. The standard InChI is InChI=1S/C19H23BrN4O4/c1-6-27-17-13(20)7-12(8-14(17)26-5)16-15(18(25)28-10(2)3)11(4)23-19-21-9-22-24(16)19/h7-10,16H,6H2,1-5H3,(H,21,22,23). The van der Waals surface area contributed by atoms with Crippen molar-refractivity contribution in [1.29, 1.82) is 0 Å². The maximum absolute atomic E-state index is 12.9. The van der Waals surface area contributed by atoms with E-state index in [9.17, 15) is 4.79 Å². The SMILES string of the molecule is CCOc1c(Br)cc(C2C(C(=O)OC(C)C)=C(C)Nc3ncnn32)cc1OC. The van der Waals surface area contributed by atoms with E-state index >= 15 is 0 Å². The van der Waals surface area contributed by atoms with Gasteiger partial charge in [-0.1, -0.05) is 0 Å². The van der Waals surface area contributed by atoms with Crippen molar-refractivity contribution < 1.29 is 19.0 Å². The molecule has 1 aromatic carbocycles. The number of allylic oxidation sites excluding steroid dienone is 1. The molecule has 1 aromatic heterocycles. The van der Waals surface area contributed by atoms with Gasteiger partial charge in [0.05, 0.1) is 29.9 Å². The Balaban J connectivity index is 2.16. The number of rotatable bonds is 6. The molecule has 9 heteroatoms. The highest BCUT2D eigenvalue weighted by molar-refractivity contribution is 9.10. The van der Waals surface area contributed by atoms with Crippen LogP contribution in [0, 0.1) is 0 Å². The molecule has 2 heterocycles. The Labute approximate surface area is 172 Å². The third kappa shape index (κ3) is 3.71. The van der Waals surface area contributed by atoms with Gasteiger partial charge in [0.15, 0.2) is 11.5 Å². The average molecular weight is 451 g/mol. The summed E-state index contributed by atoms with van der Waals surface area (Å²) in [5.74, 6) is 1.30. The summed E-state index contributed by atoms with van der Waals surface area (Å²) < 4.78 is 19.1. The van der Waals surface area contributed by atoms with Gasteiger partial charge in [-0.3, -0.25) is 0 Å². The van der Waals surface area contributed by atoms with Gasteiger partial charge in [0.2, 0.25) is 5.95 Å². The second-order valence-corrected chi connectivity index (χ2v) is 7.37. The predicted octanol–water partition coefficient (Wildman–Crippen LogP) is 3.69. The van der Waals surface area contributed by atoms with Gasteiger partial charge in [0, 0.05) is 5.70 Å². The molecule has 0 bridgehead atoms. The van der Waals surface area contributed by atoms with E-state index in [0.717, 1.165) is 10.0 Å². The number of fused-ring (bicyclic) bond motifs is 1. The first-order valence-corrected chi connectivity index (χ1v) is 9.75. The summed E-state index contributed by atoms with van der Waals surface area (Å²) in [7, 11) is 1.58. The van der Waals surface area contributed by atoms with Crippen LogP contribution in [0.3, 0.4) is 0 Å². The van der Waals surface area contributed by atoms with Crippen molar-refractivity contribution in [3.05, 3.63) is 39.8 Å². The lowest BCUT2D eigenvalue weighted by Gasteiger charge is -2.29. The van der Waals surface area contributed by atoms with Gasteiger partial charge in [-0.05, 0) is 61.3 Å². The smallest absolute Gasteiger partial charge is 0.338 e. The number of carbonyl (C=O) groups is 1. The van der Waals surface area contributed by atoms with Crippen molar-refractivity contribution in [2.45, 2.75) is 39.8 Å². The number of esters is 1. The monoisotopic (exact) mass is 450 g/mol.